The molecule has 0 radical (unpaired) electrons. The third kappa shape index (κ3) is 5.09. The molecule has 1 aromatic carbocycles. The number of ether oxygens (including phenoxy) is 1. The number of hydrogen-bond acceptors (Lipinski definition) is 5. The highest BCUT2D eigenvalue weighted by molar-refractivity contribution is 6.35. The van der Waals surface area contributed by atoms with E-state index in [1.54, 1.807) is 18.2 Å². The lowest BCUT2D eigenvalue weighted by atomic mass is 10.2. The summed E-state index contributed by atoms with van der Waals surface area (Å²) in [6.07, 6.45) is 1.64. The Kier molecular flexibility index (Phi) is 7.23. The number of amides is 1. The summed E-state index contributed by atoms with van der Waals surface area (Å²) in [6.45, 7) is 2.47. The van der Waals surface area contributed by atoms with E-state index in [2.05, 4.69) is 15.5 Å². The van der Waals surface area contributed by atoms with Gasteiger partial charge in [0.2, 0.25) is 5.69 Å². The Morgan fingerprint density at radius 2 is 2.19 bits per heavy atom. The van der Waals surface area contributed by atoms with Gasteiger partial charge in [0.05, 0.1) is 16.6 Å². The number of halogens is 2. The predicted octanol–water partition coefficient (Wildman–Crippen LogP) is 3.78. The SMILES string of the molecule is CCCc1[nH]nc(C(=O)NCCCOc2ccc(Cl)cc2Cl)c1[N+](=O)[O-]. The van der Waals surface area contributed by atoms with Crippen molar-refractivity contribution in [2.24, 2.45) is 0 Å². The maximum Gasteiger partial charge on any atom is 0.322 e. The third-order valence-corrected chi connectivity index (χ3v) is 4.00. The average molecular weight is 401 g/mol. The van der Waals surface area contributed by atoms with Crippen molar-refractivity contribution in [2.45, 2.75) is 26.2 Å². The molecular weight excluding hydrogens is 383 g/mol. The minimum absolute atomic E-state index is 0.208. The molecule has 26 heavy (non-hydrogen) atoms. The zero-order chi connectivity index (χ0) is 19.1. The second-order valence-electron chi connectivity index (χ2n) is 5.44. The lowest BCUT2D eigenvalue weighted by molar-refractivity contribution is -0.385. The fourth-order valence-electron chi connectivity index (χ4n) is 2.28. The molecule has 2 aromatic rings. The number of benzene rings is 1. The highest BCUT2D eigenvalue weighted by Crippen LogP contribution is 2.27. The van der Waals surface area contributed by atoms with Crippen LogP contribution in [0.15, 0.2) is 18.2 Å². The zero-order valence-corrected chi connectivity index (χ0v) is 15.6. The van der Waals surface area contributed by atoms with Crippen molar-refractivity contribution in [2.75, 3.05) is 13.2 Å². The van der Waals surface area contributed by atoms with Crippen molar-refractivity contribution < 1.29 is 14.5 Å². The van der Waals surface area contributed by atoms with Crippen molar-refractivity contribution in [1.29, 1.82) is 0 Å². The molecule has 0 unspecified atom stereocenters. The smallest absolute Gasteiger partial charge is 0.322 e. The lowest BCUT2D eigenvalue weighted by Gasteiger charge is -2.08. The molecule has 0 saturated carbocycles. The first-order chi connectivity index (χ1) is 12.4. The van der Waals surface area contributed by atoms with Gasteiger partial charge in [-0.2, -0.15) is 5.10 Å². The zero-order valence-electron chi connectivity index (χ0n) is 14.1. The van der Waals surface area contributed by atoms with Crippen LogP contribution in [0.1, 0.15) is 35.9 Å². The second-order valence-corrected chi connectivity index (χ2v) is 6.28. The normalized spacial score (nSPS) is 10.6. The van der Waals surface area contributed by atoms with Gasteiger partial charge in [-0.05, 0) is 31.0 Å². The van der Waals surface area contributed by atoms with Crippen LogP contribution in [-0.4, -0.2) is 34.2 Å². The lowest BCUT2D eigenvalue weighted by Crippen LogP contribution is -2.26. The summed E-state index contributed by atoms with van der Waals surface area (Å²) in [5.74, 6) is -0.102. The fraction of sp³-hybridized carbons (Fsp3) is 0.375. The summed E-state index contributed by atoms with van der Waals surface area (Å²) in [4.78, 5) is 22.7. The van der Waals surface area contributed by atoms with E-state index in [0.29, 0.717) is 47.4 Å². The Labute approximate surface area is 160 Å². The molecule has 0 saturated heterocycles. The minimum atomic E-state index is -0.597. The Bertz CT molecular complexity index is 795. The number of nitrogens with zero attached hydrogens (tertiary/aromatic N) is 2. The maximum atomic E-state index is 12.1. The van der Waals surface area contributed by atoms with Gasteiger partial charge in [-0.15, -0.1) is 0 Å². The van der Waals surface area contributed by atoms with Gasteiger partial charge in [0, 0.05) is 11.6 Å². The van der Waals surface area contributed by atoms with E-state index in [0.717, 1.165) is 0 Å². The predicted molar refractivity (Wildman–Crippen MR) is 98.1 cm³/mol. The molecule has 0 bridgehead atoms. The number of aromatic amines is 1. The first-order valence-electron chi connectivity index (χ1n) is 8.01. The molecule has 0 atom stereocenters. The van der Waals surface area contributed by atoms with Gasteiger partial charge >= 0.3 is 5.69 Å². The first-order valence-corrected chi connectivity index (χ1v) is 8.77. The molecule has 1 amide bonds. The van der Waals surface area contributed by atoms with E-state index in [4.69, 9.17) is 27.9 Å². The highest BCUT2D eigenvalue weighted by Gasteiger charge is 2.28. The number of aromatic nitrogens is 2. The van der Waals surface area contributed by atoms with E-state index in [-0.39, 0.29) is 17.9 Å². The van der Waals surface area contributed by atoms with Gasteiger partial charge < -0.3 is 10.1 Å². The van der Waals surface area contributed by atoms with Crippen LogP contribution in [0.25, 0.3) is 0 Å². The summed E-state index contributed by atoms with van der Waals surface area (Å²) >= 11 is 11.8. The molecule has 1 aromatic heterocycles. The molecule has 0 fully saturated rings. The molecular formula is C16H18Cl2N4O4. The van der Waals surface area contributed by atoms with Crippen LogP contribution in [0.4, 0.5) is 5.69 Å². The second kappa shape index (κ2) is 9.40. The van der Waals surface area contributed by atoms with E-state index < -0.39 is 10.8 Å². The van der Waals surface area contributed by atoms with Crippen molar-refractivity contribution in [3.63, 3.8) is 0 Å². The number of rotatable bonds is 9. The van der Waals surface area contributed by atoms with Gasteiger partial charge in [0.1, 0.15) is 11.4 Å². The van der Waals surface area contributed by atoms with Crippen LogP contribution in [0.3, 0.4) is 0 Å². The van der Waals surface area contributed by atoms with Crippen LogP contribution in [-0.2, 0) is 6.42 Å². The topological polar surface area (TPSA) is 110 Å². The summed E-state index contributed by atoms with van der Waals surface area (Å²) in [6, 6.07) is 4.89. The molecule has 8 nitrogen and oxygen atoms in total. The number of nitrogens with one attached hydrogen (secondary N) is 2. The fourth-order valence-corrected chi connectivity index (χ4v) is 2.75. The minimum Gasteiger partial charge on any atom is -0.492 e. The maximum absolute atomic E-state index is 12.1. The number of carbonyl (C=O) groups excluding carboxylic acids is 1. The van der Waals surface area contributed by atoms with E-state index in [1.807, 2.05) is 6.92 Å². The van der Waals surface area contributed by atoms with Crippen LogP contribution in [0.2, 0.25) is 10.0 Å². The van der Waals surface area contributed by atoms with Gasteiger partial charge in [-0.25, -0.2) is 0 Å². The van der Waals surface area contributed by atoms with Crippen molar-refractivity contribution in [1.82, 2.24) is 15.5 Å². The van der Waals surface area contributed by atoms with Crippen LogP contribution in [0.5, 0.6) is 5.75 Å². The van der Waals surface area contributed by atoms with E-state index >= 15 is 0 Å². The van der Waals surface area contributed by atoms with Gasteiger partial charge in [-0.1, -0.05) is 36.5 Å². The van der Waals surface area contributed by atoms with Crippen LogP contribution >= 0.6 is 23.2 Å². The van der Waals surface area contributed by atoms with Crippen molar-refractivity contribution in [3.8, 4) is 5.75 Å². The van der Waals surface area contributed by atoms with Crippen LogP contribution in [0, 0.1) is 10.1 Å². The van der Waals surface area contributed by atoms with Gasteiger partial charge in [-0.3, -0.25) is 20.0 Å². The number of hydrogen-bond donors (Lipinski definition) is 2. The summed E-state index contributed by atoms with van der Waals surface area (Å²) in [7, 11) is 0. The molecule has 0 aliphatic carbocycles. The molecule has 10 heteroatoms. The number of nitro groups is 1. The highest BCUT2D eigenvalue weighted by atomic mass is 35.5. The number of aryl methyl sites for hydroxylation is 1. The van der Waals surface area contributed by atoms with E-state index in [9.17, 15) is 14.9 Å². The molecule has 2 N–H and O–H groups in total. The van der Waals surface area contributed by atoms with E-state index in [1.165, 1.54) is 0 Å². The Morgan fingerprint density at radius 1 is 1.42 bits per heavy atom. The Hall–Kier alpha value is -2.32. The molecule has 0 aliphatic heterocycles. The Balaban J connectivity index is 1.84. The number of carbonyl (C=O) groups is 1. The number of H-pyrrole nitrogens is 1. The molecule has 0 spiro atoms. The largest absolute Gasteiger partial charge is 0.492 e. The standard InChI is InChI=1S/C16H18Cl2N4O4/c1-2-4-12-15(22(24)25)14(21-20-12)16(23)19-7-3-8-26-13-6-5-10(17)9-11(13)18/h5-6,9H,2-4,7-8H2,1H3,(H,19,23)(H,20,21). The summed E-state index contributed by atoms with van der Waals surface area (Å²) in [5.41, 5.74) is -0.128. The summed E-state index contributed by atoms with van der Waals surface area (Å²) in [5, 5.41) is 21.1. The molecule has 1 heterocycles. The third-order valence-electron chi connectivity index (χ3n) is 3.47. The molecule has 0 aliphatic rings. The molecule has 2 rings (SSSR count). The van der Waals surface area contributed by atoms with Crippen LogP contribution < -0.4 is 10.1 Å². The monoisotopic (exact) mass is 400 g/mol. The van der Waals surface area contributed by atoms with Gasteiger partial charge in [0.25, 0.3) is 5.91 Å². The van der Waals surface area contributed by atoms with Crippen molar-refractivity contribution in [3.05, 3.63) is 49.7 Å². The van der Waals surface area contributed by atoms with Gasteiger partial charge in [0.15, 0.2) is 0 Å². The quantitative estimate of drug-likeness (QED) is 0.378. The summed E-state index contributed by atoms with van der Waals surface area (Å²) < 4.78 is 5.51. The van der Waals surface area contributed by atoms with Crippen molar-refractivity contribution >= 4 is 34.8 Å². The average Bonchev–Trinajstić information content (AvgIpc) is 3.00. The Morgan fingerprint density at radius 3 is 2.85 bits per heavy atom. The first kappa shape index (κ1) is 20.0. The molecule has 140 valence electrons.